The first-order valence-electron chi connectivity index (χ1n) is 6.02. The smallest absolute Gasteiger partial charge is 0.128 e. The SMILES string of the molecule is CC1CCN(c2ccc(/C(N)=C/S)cn2)CC1. The summed E-state index contributed by atoms with van der Waals surface area (Å²) in [5.41, 5.74) is 7.35. The number of hydrogen-bond donors (Lipinski definition) is 2. The van der Waals surface area contributed by atoms with Crippen molar-refractivity contribution in [3.8, 4) is 0 Å². The number of nitrogens with two attached hydrogens (primary N) is 1. The fourth-order valence-electron chi connectivity index (χ4n) is 2.06. The minimum absolute atomic E-state index is 0.652. The molecule has 1 fully saturated rings. The van der Waals surface area contributed by atoms with Crippen LogP contribution in [-0.4, -0.2) is 18.1 Å². The second-order valence-corrected chi connectivity index (χ2v) is 4.92. The minimum Gasteiger partial charge on any atom is -0.398 e. The predicted molar refractivity (Wildman–Crippen MR) is 76.0 cm³/mol. The molecule has 0 saturated carbocycles. The van der Waals surface area contributed by atoms with Crippen LogP contribution in [0.25, 0.3) is 5.70 Å². The number of piperidine rings is 1. The molecule has 92 valence electrons. The van der Waals surface area contributed by atoms with E-state index in [4.69, 9.17) is 5.73 Å². The summed E-state index contributed by atoms with van der Waals surface area (Å²) in [4.78, 5) is 6.81. The van der Waals surface area contributed by atoms with Gasteiger partial charge in [-0.1, -0.05) is 6.92 Å². The van der Waals surface area contributed by atoms with Gasteiger partial charge in [-0.05, 0) is 36.3 Å². The van der Waals surface area contributed by atoms with Gasteiger partial charge >= 0.3 is 0 Å². The molecule has 17 heavy (non-hydrogen) atoms. The maximum atomic E-state index is 5.77. The van der Waals surface area contributed by atoms with Gasteiger partial charge in [0.2, 0.25) is 0 Å². The van der Waals surface area contributed by atoms with Crippen LogP contribution in [0.2, 0.25) is 0 Å². The van der Waals surface area contributed by atoms with Gasteiger partial charge in [0.05, 0.1) is 0 Å². The minimum atomic E-state index is 0.652. The number of rotatable bonds is 2. The summed E-state index contributed by atoms with van der Waals surface area (Å²) in [6, 6.07) is 4.04. The van der Waals surface area contributed by atoms with Gasteiger partial charge in [0.15, 0.2) is 0 Å². The van der Waals surface area contributed by atoms with Crippen molar-refractivity contribution < 1.29 is 0 Å². The molecule has 2 rings (SSSR count). The van der Waals surface area contributed by atoms with Crippen LogP contribution in [0.1, 0.15) is 25.3 Å². The van der Waals surface area contributed by atoms with Crippen molar-refractivity contribution in [2.45, 2.75) is 19.8 Å². The molecule has 1 aliphatic heterocycles. The van der Waals surface area contributed by atoms with E-state index in [2.05, 4.69) is 29.4 Å². The molecule has 3 nitrogen and oxygen atoms in total. The maximum absolute atomic E-state index is 5.77. The normalized spacial score (nSPS) is 18.5. The van der Waals surface area contributed by atoms with Crippen molar-refractivity contribution in [3.63, 3.8) is 0 Å². The summed E-state index contributed by atoms with van der Waals surface area (Å²) in [6.07, 6.45) is 4.32. The van der Waals surface area contributed by atoms with Crippen LogP contribution in [0.5, 0.6) is 0 Å². The average molecular weight is 249 g/mol. The Balaban J connectivity index is 2.08. The molecular weight excluding hydrogens is 230 g/mol. The molecule has 0 spiro atoms. The summed E-state index contributed by atoms with van der Waals surface area (Å²) < 4.78 is 0. The second-order valence-electron chi connectivity index (χ2n) is 4.66. The molecule has 1 aromatic heterocycles. The fraction of sp³-hybridized carbons (Fsp3) is 0.462. The van der Waals surface area contributed by atoms with E-state index in [1.165, 1.54) is 12.8 Å². The molecular formula is C13H19N3S. The Kier molecular flexibility index (Phi) is 3.94. The Morgan fingerprint density at radius 3 is 2.71 bits per heavy atom. The number of aromatic nitrogens is 1. The van der Waals surface area contributed by atoms with Gasteiger partial charge in [0.25, 0.3) is 0 Å². The van der Waals surface area contributed by atoms with E-state index in [0.717, 1.165) is 30.4 Å². The zero-order valence-electron chi connectivity index (χ0n) is 10.1. The third kappa shape index (κ3) is 2.94. The van der Waals surface area contributed by atoms with E-state index in [1.54, 1.807) is 5.41 Å². The highest BCUT2D eigenvalue weighted by atomic mass is 32.1. The first-order valence-corrected chi connectivity index (χ1v) is 6.53. The summed E-state index contributed by atoms with van der Waals surface area (Å²) in [7, 11) is 0. The van der Waals surface area contributed by atoms with Crippen molar-refractivity contribution in [1.29, 1.82) is 0 Å². The first-order chi connectivity index (χ1) is 8.20. The molecule has 1 aliphatic rings. The van der Waals surface area contributed by atoms with Gasteiger partial charge in [-0.15, -0.1) is 12.6 Å². The lowest BCUT2D eigenvalue weighted by molar-refractivity contribution is 0.436. The zero-order chi connectivity index (χ0) is 12.3. The summed E-state index contributed by atoms with van der Waals surface area (Å²) in [5, 5.41) is 1.60. The predicted octanol–water partition coefficient (Wildman–Crippen LogP) is 2.50. The molecule has 1 aromatic rings. The van der Waals surface area contributed by atoms with E-state index < -0.39 is 0 Å². The molecule has 4 heteroatoms. The fourth-order valence-corrected chi connectivity index (χ4v) is 2.21. The highest BCUT2D eigenvalue weighted by Crippen LogP contribution is 2.22. The largest absolute Gasteiger partial charge is 0.398 e. The zero-order valence-corrected chi connectivity index (χ0v) is 11.0. The molecule has 0 radical (unpaired) electrons. The molecule has 2 N–H and O–H groups in total. The van der Waals surface area contributed by atoms with Crippen molar-refractivity contribution in [3.05, 3.63) is 29.3 Å². The lowest BCUT2D eigenvalue weighted by Crippen LogP contribution is -2.33. The van der Waals surface area contributed by atoms with Gasteiger partial charge in [-0.2, -0.15) is 0 Å². The van der Waals surface area contributed by atoms with Gasteiger partial charge < -0.3 is 10.6 Å². The number of pyridine rings is 1. The van der Waals surface area contributed by atoms with Crippen LogP contribution >= 0.6 is 12.6 Å². The van der Waals surface area contributed by atoms with Crippen LogP contribution in [0, 0.1) is 5.92 Å². The van der Waals surface area contributed by atoms with E-state index in [0.29, 0.717) is 5.70 Å². The van der Waals surface area contributed by atoms with Gasteiger partial charge in [0, 0.05) is 30.5 Å². The molecule has 0 aliphatic carbocycles. The van der Waals surface area contributed by atoms with Crippen LogP contribution < -0.4 is 10.6 Å². The summed E-state index contributed by atoms with van der Waals surface area (Å²) >= 11 is 4.04. The van der Waals surface area contributed by atoms with Crippen LogP contribution in [0.3, 0.4) is 0 Å². The van der Waals surface area contributed by atoms with Crippen molar-refractivity contribution >= 4 is 24.1 Å². The van der Waals surface area contributed by atoms with Crippen LogP contribution in [0.4, 0.5) is 5.82 Å². The summed E-state index contributed by atoms with van der Waals surface area (Å²) in [5.74, 6) is 1.89. The van der Waals surface area contributed by atoms with E-state index in [-0.39, 0.29) is 0 Å². The first kappa shape index (κ1) is 12.3. The molecule has 1 saturated heterocycles. The van der Waals surface area contributed by atoms with Gasteiger partial charge in [0.1, 0.15) is 5.82 Å². The van der Waals surface area contributed by atoms with Gasteiger partial charge in [-0.25, -0.2) is 4.98 Å². The van der Waals surface area contributed by atoms with Crippen molar-refractivity contribution in [1.82, 2.24) is 4.98 Å². The molecule has 0 aromatic carbocycles. The van der Waals surface area contributed by atoms with Crippen LogP contribution in [-0.2, 0) is 0 Å². The lowest BCUT2D eigenvalue weighted by Gasteiger charge is -2.31. The highest BCUT2D eigenvalue weighted by molar-refractivity contribution is 7.83. The van der Waals surface area contributed by atoms with Crippen molar-refractivity contribution in [2.75, 3.05) is 18.0 Å². The standard InChI is InChI=1S/C13H19N3S/c1-10-4-6-16(7-5-10)13-3-2-11(8-15-13)12(14)9-17/h2-3,8-10,17H,4-7,14H2,1H3/b12-9-. The van der Waals surface area contributed by atoms with E-state index in [1.807, 2.05) is 18.3 Å². The quantitative estimate of drug-likeness (QED) is 0.791. The Morgan fingerprint density at radius 2 is 2.18 bits per heavy atom. The van der Waals surface area contributed by atoms with E-state index in [9.17, 15) is 0 Å². The third-order valence-corrected chi connectivity index (χ3v) is 3.61. The van der Waals surface area contributed by atoms with E-state index >= 15 is 0 Å². The molecule has 0 amide bonds. The molecule has 2 heterocycles. The topological polar surface area (TPSA) is 42.1 Å². The van der Waals surface area contributed by atoms with Gasteiger partial charge in [-0.3, -0.25) is 0 Å². The maximum Gasteiger partial charge on any atom is 0.128 e. The monoisotopic (exact) mass is 249 g/mol. The Bertz CT molecular complexity index is 392. The summed E-state index contributed by atoms with van der Waals surface area (Å²) in [6.45, 7) is 4.52. The Hall–Kier alpha value is -1.16. The average Bonchev–Trinajstić information content (AvgIpc) is 2.39. The molecule has 0 atom stereocenters. The van der Waals surface area contributed by atoms with Crippen molar-refractivity contribution in [2.24, 2.45) is 11.7 Å². The third-order valence-electron chi connectivity index (χ3n) is 3.33. The second kappa shape index (κ2) is 5.45. The number of anilines is 1. The highest BCUT2D eigenvalue weighted by Gasteiger charge is 2.16. The number of nitrogens with zero attached hydrogens (tertiary/aromatic N) is 2. The number of thiol groups is 1. The molecule has 0 unspecified atom stereocenters. The van der Waals surface area contributed by atoms with Crippen LogP contribution in [0.15, 0.2) is 23.7 Å². The number of hydrogen-bond acceptors (Lipinski definition) is 4. The Labute approximate surface area is 108 Å². The lowest BCUT2D eigenvalue weighted by atomic mass is 9.99. The Morgan fingerprint density at radius 1 is 1.47 bits per heavy atom. The molecule has 0 bridgehead atoms.